The van der Waals surface area contributed by atoms with Crippen molar-refractivity contribution >= 4 is 80.8 Å². The van der Waals surface area contributed by atoms with Crippen molar-refractivity contribution in [1.29, 1.82) is 0 Å². The lowest BCUT2D eigenvalue weighted by atomic mass is 9.92. The topological polar surface area (TPSA) is 86.5 Å². The van der Waals surface area contributed by atoms with E-state index in [0.29, 0.717) is 11.6 Å². The quantitative estimate of drug-likeness (QED) is 0.168. The summed E-state index contributed by atoms with van der Waals surface area (Å²) in [4.78, 5) is 26.0. The van der Waals surface area contributed by atoms with Gasteiger partial charge in [-0.1, -0.05) is 40.1 Å². The number of hydrogen-bond donors (Lipinski definition) is 2. The molecule has 1 saturated carbocycles. The van der Waals surface area contributed by atoms with E-state index >= 15 is 0 Å². The van der Waals surface area contributed by atoms with Gasteiger partial charge in [-0.2, -0.15) is 4.98 Å². The molecular weight excluding hydrogens is 682 g/mol. The van der Waals surface area contributed by atoms with Crippen LogP contribution in [0.15, 0.2) is 29.2 Å². The third-order valence-electron chi connectivity index (χ3n) is 7.42. The minimum absolute atomic E-state index is 0.0257. The number of fused-ring (bicyclic) bond motifs is 4. The molecule has 10 heteroatoms. The number of aromatic nitrogens is 3. The van der Waals surface area contributed by atoms with Gasteiger partial charge in [-0.25, -0.2) is 8.10 Å². The van der Waals surface area contributed by atoms with Gasteiger partial charge in [0.05, 0.1) is 21.7 Å². The molecule has 36 heavy (non-hydrogen) atoms. The molecule has 1 aromatic carbocycles. The molecule has 3 aromatic rings. The molecule has 0 unspecified atom stereocenters. The minimum atomic E-state index is -0.273. The number of halogens is 2. The van der Waals surface area contributed by atoms with Crippen molar-refractivity contribution in [2.24, 2.45) is 0 Å². The SMILES string of the molecule is CCCCNc1ncc2c3ccc(N4CCN5I=CI=C5C4)cc3c(=O)n(C3CCC(O)CC3)c2n1. The second-order valence-corrected chi connectivity index (χ2v) is 17.0. The van der Waals surface area contributed by atoms with Gasteiger partial charge in [-0.05, 0) is 70.6 Å². The lowest BCUT2D eigenvalue weighted by molar-refractivity contribution is 0.111. The molecule has 2 aliphatic heterocycles. The van der Waals surface area contributed by atoms with Gasteiger partial charge in [0.15, 0.2) is 0 Å². The van der Waals surface area contributed by atoms with Crippen LogP contribution in [0.5, 0.6) is 0 Å². The van der Waals surface area contributed by atoms with Crippen LogP contribution < -0.4 is 15.8 Å². The number of benzene rings is 1. The summed E-state index contributed by atoms with van der Waals surface area (Å²) in [6.45, 7) is 6.07. The van der Waals surface area contributed by atoms with E-state index in [4.69, 9.17) is 4.98 Å². The molecular formula is C26H32I2N6O2. The van der Waals surface area contributed by atoms with Crippen LogP contribution in [-0.2, 0) is 0 Å². The van der Waals surface area contributed by atoms with Crippen LogP contribution >= 0.6 is 41.7 Å². The van der Waals surface area contributed by atoms with Crippen molar-refractivity contribution in [3.05, 3.63) is 34.7 Å². The number of pyridine rings is 1. The van der Waals surface area contributed by atoms with Crippen molar-refractivity contribution in [2.45, 2.75) is 57.6 Å². The molecule has 2 aromatic heterocycles. The van der Waals surface area contributed by atoms with Crippen LogP contribution in [0.2, 0.25) is 0 Å². The van der Waals surface area contributed by atoms with Gasteiger partial charge in [-0.15, -0.1) is 0 Å². The van der Waals surface area contributed by atoms with Gasteiger partial charge in [0.2, 0.25) is 5.95 Å². The molecule has 0 bridgehead atoms. The summed E-state index contributed by atoms with van der Waals surface area (Å²) >= 11 is 0.201. The molecule has 0 amide bonds. The summed E-state index contributed by atoms with van der Waals surface area (Å²) in [6.07, 6.45) is 6.75. The van der Waals surface area contributed by atoms with E-state index in [9.17, 15) is 9.90 Å². The van der Waals surface area contributed by atoms with Gasteiger partial charge in [0.1, 0.15) is 5.65 Å². The number of rotatable bonds is 6. The van der Waals surface area contributed by atoms with E-state index in [1.54, 1.807) is 3.63 Å². The second-order valence-electron chi connectivity index (χ2n) is 9.75. The van der Waals surface area contributed by atoms with Crippen molar-refractivity contribution in [1.82, 2.24) is 17.6 Å². The highest BCUT2D eigenvalue weighted by atomic mass is 127. The fourth-order valence-electron chi connectivity index (χ4n) is 5.39. The molecule has 3 aliphatic rings. The van der Waals surface area contributed by atoms with Crippen LogP contribution in [0.3, 0.4) is 0 Å². The van der Waals surface area contributed by atoms with E-state index in [2.05, 4.69) is 45.5 Å². The number of piperazine rings is 1. The lowest BCUT2D eigenvalue weighted by Crippen LogP contribution is -2.45. The Morgan fingerprint density at radius 3 is 2.83 bits per heavy atom. The largest absolute Gasteiger partial charge is 0.393 e. The number of nitrogens with one attached hydrogen (secondary N) is 1. The van der Waals surface area contributed by atoms with E-state index in [1.165, 1.54) is 0 Å². The van der Waals surface area contributed by atoms with Gasteiger partial charge < -0.3 is 15.3 Å². The fraction of sp³-hybridized carbons (Fsp3) is 0.500. The average Bonchev–Trinajstić information content (AvgIpc) is 3.38. The summed E-state index contributed by atoms with van der Waals surface area (Å²) in [5.74, 6) is 0.574. The zero-order valence-corrected chi connectivity index (χ0v) is 24.8. The van der Waals surface area contributed by atoms with Gasteiger partial charge in [0.25, 0.3) is 5.56 Å². The third kappa shape index (κ3) is 4.73. The molecule has 0 spiro atoms. The summed E-state index contributed by atoms with van der Waals surface area (Å²) < 4.78 is 8.73. The highest BCUT2D eigenvalue weighted by molar-refractivity contribution is 14.3. The zero-order chi connectivity index (χ0) is 24.6. The third-order valence-corrected chi connectivity index (χ3v) is 15.2. The molecule has 8 nitrogen and oxygen atoms in total. The van der Waals surface area contributed by atoms with Gasteiger partial charge in [0, 0.05) is 45.0 Å². The Kier molecular flexibility index (Phi) is 7.37. The first-order chi connectivity index (χ1) is 17.6. The van der Waals surface area contributed by atoms with Crippen LogP contribution in [0.4, 0.5) is 11.6 Å². The first kappa shape index (κ1) is 24.8. The molecule has 192 valence electrons. The van der Waals surface area contributed by atoms with Crippen molar-refractivity contribution < 1.29 is 5.11 Å². The number of nitrogens with zero attached hydrogens (tertiary/aromatic N) is 5. The minimum Gasteiger partial charge on any atom is -0.393 e. The molecule has 1 saturated heterocycles. The fourth-order valence-corrected chi connectivity index (χ4v) is 13.8. The summed E-state index contributed by atoms with van der Waals surface area (Å²) in [6, 6.07) is 6.40. The monoisotopic (exact) mass is 714 g/mol. The zero-order valence-electron chi connectivity index (χ0n) is 20.5. The molecule has 2 fully saturated rings. The molecule has 4 heterocycles. The predicted octanol–water partition coefficient (Wildman–Crippen LogP) is 4.51. The first-order valence-corrected chi connectivity index (χ1v) is 17.4. The maximum absolute atomic E-state index is 14.1. The Morgan fingerprint density at radius 1 is 1.14 bits per heavy atom. The number of unbranched alkanes of at least 4 members (excludes halogenated alkanes) is 1. The first-order valence-electron chi connectivity index (χ1n) is 12.9. The molecule has 1 aliphatic carbocycles. The Balaban J connectivity index is 1.46. The molecule has 0 radical (unpaired) electrons. The molecule has 6 rings (SSSR count). The van der Waals surface area contributed by atoms with Crippen molar-refractivity contribution in [2.75, 3.05) is 36.4 Å². The maximum Gasteiger partial charge on any atom is 0.260 e. The van der Waals surface area contributed by atoms with Crippen molar-refractivity contribution in [3.8, 4) is 0 Å². The standard InChI is InChI=1S/C26H32I2N6O2/c1-2-3-10-29-26-30-14-22-20-9-6-18(32-11-12-33-23(15-32)27-16-28-33)13-21(20)25(36)34(24(22)31-26)17-4-7-19(35)8-5-17/h6,9,13-14,16-17,19,35H,2-5,7-8,10-12,15H2,1H3,(H,29,30,31). The lowest BCUT2D eigenvalue weighted by Gasteiger charge is -2.34. The van der Waals surface area contributed by atoms with E-state index in [1.807, 2.05) is 10.8 Å². The van der Waals surface area contributed by atoms with Crippen LogP contribution in [0.1, 0.15) is 51.5 Å². The summed E-state index contributed by atoms with van der Waals surface area (Å²) in [5, 5.41) is 16.0. The number of aliphatic hydroxyl groups is 1. The van der Waals surface area contributed by atoms with Crippen LogP contribution in [0.25, 0.3) is 21.8 Å². The summed E-state index contributed by atoms with van der Waals surface area (Å²) in [7, 11) is 0. The van der Waals surface area contributed by atoms with Gasteiger partial charge in [-0.3, -0.25) is 9.36 Å². The number of aliphatic hydroxyl groups excluding tert-OH is 1. The van der Waals surface area contributed by atoms with Crippen LogP contribution in [0, 0.1) is 0 Å². The Bertz CT molecular complexity index is 1410. The maximum atomic E-state index is 14.1. The van der Waals surface area contributed by atoms with E-state index < -0.39 is 0 Å². The average molecular weight is 714 g/mol. The van der Waals surface area contributed by atoms with Gasteiger partial charge >= 0.3 is 0 Å². The Morgan fingerprint density at radius 2 is 2.00 bits per heavy atom. The highest BCUT2D eigenvalue weighted by Gasteiger charge is 2.27. The normalized spacial score (nSPS) is 22.7. The predicted molar refractivity (Wildman–Crippen MR) is 166 cm³/mol. The Hall–Kier alpha value is -1.51. The molecule has 0 atom stereocenters. The van der Waals surface area contributed by atoms with Crippen LogP contribution in [-0.4, -0.2) is 60.7 Å². The summed E-state index contributed by atoms with van der Waals surface area (Å²) in [5.41, 5.74) is 1.86. The van der Waals surface area contributed by atoms with E-state index in [0.717, 1.165) is 86.6 Å². The Labute approximate surface area is 230 Å². The van der Waals surface area contributed by atoms with Crippen molar-refractivity contribution in [3.63, 3.8) is 0 Å². The highest BCUT2D eigenvalue weighted by Crippen LogP contribution is 2.34. The number of hydrogen-bond acceptors (Lipinski definition) is 7. The second kappa shape index (κ2) is 10.7. The smallest absolute Gasteiger partial charge is 0.260 e. The van der Waals surface area contributed by atoms with E-state index in [-0.39, 0.29) is 59.4 Å². The molecule has 2 N–H and O–H groups in total. The number of anilines is 2.